The number of nitrogens with two attached hydrogens (primary N) is 1. The highest BCUT2D eigenvalue weighted by Gasteiger charge is 2.27. The van der Waals surface area contributed by atoms with Gasteiger partial charge in [0, 0.05) is 0 Å². The van der Waals surface area contributed by atoms with Crippen molar-refractivity contribution in [3.05, 3.63) is 22.2 Å². The van der Waals surface area contributed by atoms with Gasteiger partial charge in [-0.05, 0) is 12.1 Å². The van der Waals surface area contributed by atoms with E-state index in [9.17, 15) is 8.42 Å². The fraction of sp³-hybridized carbons (Fsp3) is 0.200. The van der Waals surface area contributed by atoms with Crippen molar-refractivity contribution in [2.24, 2.45) is 0 Å². The van der Waals surface area contributed by atoms with Crippen LogP contribution in [0.3, 0.4) is 0 Å². The first-order valence-corrected chi connectivity index (χ1v) is 7.03. The van der Waals surface area contributed by atoms with E-state index in [0.717, 1.165) is 0 Å². The first-order valence-electron chi connectivity index (χ1n) is 4.83. The molecule has 19 heavy (non-hydrogen) atoms. The molecular weight excluding hydrogens is 311 g/mol. The minimum absolute atomic E-state index is 0.0710. The molecular formula is C10H8Cl2N4O2S. The van der Waals surface area contributed by atoms with Crippen LogP contribution in [0.25, 0.3) is 0 Å². The maximum atomic E-state index is 12.2. The lowest BCUT2D eigenvalue weighted by atomic mass is 10.3. The molecule has 0 saturated heterocycles. The molecule has 9 heteroatoms. The van der Waals surface area contributed by atoms with Crippen LogP contribution in [0.2, 0.25) is 10.0 Å². The molecule has 0 amide bonds. The Morgan fingerprint density at radius 2 is 1.74 bits per heavy atom. The summed E-state index contributed by atoms with van der Waals surface area (Å²) in [6.07, 6.45) is 0. The van der Waals surface area contributed by atoms with E-state index in [1.165, 1.54) is 12.1 Å². The van der Waals surface area contributed by atoms with Crippen LogP contribution in [0.4, 0.5) is 5.69 Å². The van der Waals surface area contributed by atoms with E-state index in [1.54, 1.807) is 12.1 Å². The summed E-state index contributed by atoms with van der Waals surface area (Å²) in [6, 6.07) is 5.80. The Hall–Kier alpha value is -1.51. The predicted molar refractivity (Wildman–Crippen MR) is 70.9 cm³/mol. The first-order chi connectivity index (χ1) is 8.86. The average molecular weight is 319 g/mol. The zero-order valence-electron chi connectivity index (χ0n) is 9.47. The third-order valence-corrected chi connectivity index (χ3v) is 4.89. The van der Waals surface area contributed by atoms with Gasteiger partial charge in [-0.15, -0.1) is 0 Å². The highest BCUT2D eigenvalue weighted by atomic mass is 35.5. The molecule has 0 saturated carbocycles. The Bertz CT molecular complexity index is 660. The first kappa shape index (κ1) is 15.5. The second-order valence-electron chi connectivity index (χ2n) is 3.36. The quantitative estimate of drug-likeness (QED) is 0.669. The van der Waals surface area contributed by atoms with E-state index in [-0.39, 0.29) is 20.6 Å². The van der Waals surface area contributed by atoms with Gasteiger partial charge in [-0.2, -0.15) is 14.8 Å². The number of halogens is 2. The summed E-state index contributed by atoms with van der Waals surface area (Å²) >= 11 is 11.6. The van der Waals surface area contributed by atoms with E-state index < -0.39 is 23.1 Å². The summed E-state index contributed by atoms with van der Waals surface area (Å²) in [4.78, 5) is -0.290. The Morgan fingerprint density at radius 1 is 1.21 bits per heavy atom. The molecule has 0 fully saturated rings. The molecule has 0 unspecified atom stereocenters. The smallest absolute Gasteiger partial charge is 0.246 e. The van der Waals surface area contributed by atoms with Crippen molar-refractivity contribution < 1.29 is 8.42 Å². The van der Waals surface area contributed by atoms with Gasteiger partial charge in [-0.25, -0.2) is 8.42 Å². The van der Waals surface area contributed by atoms with E-state index in [2.05, 4.69) is 0 Å². The minimum atomic E-state index is -4.08. The number of hydrogen-bond acceptors (Lipinski definition) is 5. The lowest BCUT2D eigenvalue weighted by Gasteiger charge is -2.17. The molecule has 0 aliphatic carbocycles. The van der Waals surface area contributed by atoms with Crippen LogP contribution in [0.15, 0.2) is 17.0 Å². The van der Waals surface area contributed by atoms with Gasteiger partial charge in [0.1, 0.15) is 18.0 Å². The number of nitrogen functional groups attached to an aromatic ring is 1. The van der Waals surface area contributed by atoms with Gasteiger partial charge < -0.3 is 5.73 Å². The van der Waals surface area contributed by atoms with E-state index >= 15 is 0 Å². The molecule has 1 rings (SSSR count). The molecule has 0 aliphatic rings. The third-order valence-electron chi connectivity index (χ3n) is 2.20. The summed E-state index contributed by atoms with van der Waals surface area (Å²) in [6.45, 7) is -0.927. The van der Waals surface area contributed by atoms with Crippen molar-refractivity contribution in [2.45, 2.75) is 4.90 Å². The Labute approximate surface area is 120 Å². The topological polar surface area (TPSA) is 111 Å². The molecule has 0 heterocycles. The molecule has 100 valence electrons. The van der Waals surface area contributed by atoms with Crippen molar-refractivity contribution in [2.75, 3.05) is 18.8 Å². The lowest BCUT2D eigenvalue weighted by Crippen LogP contribution is -2.32. The summed E-state index contributed by atoms with van der Waals surface area (Å²) in [5.41, 5.74) is 5.48. The summed E-state index contributed by atoms with van der Waals surface area (Å²) in [7, 11) is -4.08. The summed E-state index contributed by atoms with van der Waals surface area (Å²) in [5.74, 6) is 0. The number of nitriles is 2. The number of sulfonamides is 1. The molecule has 0 aliphatic heterocycles. The normalized spacial score (nSPS) is 11.0. The Morgan fingerprint density at radius 3 is 2.21 bits per heavy atom. The van der Waals surface area contributed by atoms with Crippen LogP contribution in [0.5, 0.6) is 0 Å². The second kappa shape index (κ2) is 6.09. The highest BCUT2D eigenvalue weighted by molar-refractivity contribution is 7.89. The molecule has 1 aromatic rings. The van der Waals surface area contributed by atoms with Gasteiger partial charge in [0.2, 0.25) is 10.0 Å². The monoisotopic (exact) mass is 318 g/mol. The van der Waals surface area contributed by atoms with Crippen LogP contribution in [-0.2, 0) is 10.0 Å². The van der Waals surface area contributed by atoms with Gasteiger partial charge in [0.25, 0.3) is 0 Å². The minimum Gasteiger partial charge on any atom is -0.396 e. The van der Waals surface area contributed by atoms with Gasteiger partial charge in [0.05, 0.1) is 27.9 Å². The predicted octanol–water partition coefficient (Wildman–Crippen LogP) is 1.61. The zero-order chi connectivity index (χ0) is 14.6. The van der Waals surface area contributed by atoms with Gasteiger partial charge >= 0.3 is 0 Å². The standard InChI is InChI=1S/C10H8Cl2N4O2S/c11-7-1-2-8(9(12)10(7)15)19(17,18)16(5-3-13)6-4-14/h1-2H,5-6,15H2. The van der Waals surface area contributed by atoms with Crippen molar-refractivity contribution in [3.8, 4) is 12.1 Å². The number of anilines is 1. The SMILES string of the molecule is N#CCN(CC#N)S(=O)(=O)c1ccc(Cl)c(N)c1Cl. The van der Waals surface area contributed by atoms with Gasteiger partial charge in [-0.1, -0.05) is 23.2 Å². The molecule has 6 nitrogen and oxygen atoms in total. The van der Waals surface area contributed by atoms with E-state index in [1.807, 2.05) is 0 Å². The van der Waals surface area contributed by atoms with Crippen LogP contribution < -0.4 is 5.73 Å². The molecule has 0 radical (unpaired) electrons. The molecule has 0 atom stereocenters. The largest absolute Gasteiger partial charge is 0.396 e. The van der Waals surface area contributed by atoms with Crippen molar-refractivity contribution in [1.29, 1.82) is 10.5 Å². The molecule has 0 spiro atoms. The highest BCUT2D eigenvalue weighted by Crippen LogP contribution is 2.34. The Kier molecular flexibility index (Phi) is 4.98. The molecule has 2 N–H and O–H groups in total. The number of hydrogen-bond donors (Lipinski definition) is 1. The third kappa shape index (κ3) is 3.09. The second-order valence-corrected chi connectivity index (χ2v) is 6.05. The van der Waals surface area contributed by atoms with Crippen molar-refractivity contribution in [3.63, 3.8) is 0 Å². The Balaban J connectivity index is 3.39. The van der Waals surface area contributed by atoms with E-state index in [0.29, 0.717) is 4.31 Å². The van der Waals surface area contributed by atoms with Crippen LogP contribution in [0, 0.1) is 22.7 Å². The maximum Gasteiger partial charge on any atom is 0.246 e. The van der Waals surface area contributed by atoms with Crippen LogP contribution in [-0.4, -0.2) is 25.8 Å². The van der Waals surface area contributed by atoms with Crippen LogP contribution >= 0.6 is 23.2 Å². The zero-order valence-corrected chi connectivity index (χ0v) is 11.8. The van der Waals surface area contributed by atoms with E-state index in [4.69, 9.17) is 39.5 Å². The van der Waals surface area contributed by atoms with Crippen molar-refractivity contribution >= 4 is 38.9 Å². The summed E-state index contributed by atoms with van der Waals surface area (Å²) < 4.78 is 25.2. The molecule has 0 bridgehead atoms. The maximum absolute atomic E-state index is 12.2. The fourth-order valence-electron chi connectivity index (χ4n) is 1.27. The summed E-state index contributed by atoms with van der Waals surface area (Å²) in [5, 5.41) is 17.1. The van der Waals surface area contributed by atoms with Crippen LogP contribution in [0.1, 0.15) is 0 Å². The van der Waals surface area contributed by atoms with Gasteiger partial charge in [-0.3, -0.25) is 0 Å². The number of nitrogens with zero attached hydrogens (tertiary/aromatic N) is 3. The molecule has 0 aromatic heterocycles. The fourth-order valence-corrected chi connectivity index (χ4v) is 3.24. The molecule has 1 aromatic carbocycles. The van der Waals surface area contributed by atoms with Crippen molar-refractivity contribution in [1.82, 2.24) is 4.31 Å². The lowest BCUT2D eigenvalue weighted by molar-refractivity contribution is 0.479. The number of benzene rings is 1. The number of rotatable bonds is 4. The van der Waals surface area contributed by atoms with Gasteiger partial charge in [0.15, 0.2) is 0 Å². The average Bonchev–Trinajstić information content (AvgIpc) is 2.35.